The third kappa shape index (κ3) is 20.2. The largest absolute Gasteiger partial charge is 1.00 e. The van der Waals surface area contributed by atoms with Crippen LogP contribution in [0.25, 0.3) is 0 Å². The number of carbonyl (C=O) groups is 1. The Kier molecular flexibility index (Phi) is 22.5. The number of aliphatic carboxylic acids is 1. The maximum atomic E-state index is 10.2. The van der Waals surface area contributed by atoms with E-state index in [0.717, 1.165) is 12.8 Å². The van der Waals surface area contributed by atoms with Crippen molar-refractivity contribution in [1.29, 1.82) is 0 Å². The van der Waals surface area contributed by atoms with Crippen LogP contribution in [0.2, 0.25) is 0 Å². The fourth-order valence-electron chi connectivity index (χ4n) is 1.41. The third-order valence-corrected chi connectivity index (χ3v) is 2.24. The molecule has 86 valence electrons. The summed E-state index contributed by atoms with van der Waals surface area (Å²) in [5.41, 5.74) is 0. The Morgan fingerprint density at radius 2 is 1.33 bits per heavy atom. The molecule has 0 bridgehead atoms. The molecule has 0 aromatic carbocycles. The molecule has 0 atom stereocenters. The van der Waals surface area contributed by atoms with Crippen LogP contribution in [0.3, 0.4) is 0 Å². The van der Waals surface area contributed by atoms with Gasteiger partial charge in [-0.05, 0) is 6.42 Å². The third-order valence-electron chi connectivity index (χ3n) is 2.24. The summed E-state index contributed by atoms with van der Waals surface area (Å²) in [4.78, 5) is 10.2. The fraction of sp³-hybridized carbons (Fsp3) is 0.833. The Hall–Kier alpha value is 0.0674. The summed E-state index contributed by atoms with van der Waals surface area (Å²) in [5, 5.41) is 8.39. The summed E-state index contributed by atoms with van der Waals surface area (Å²) in [5.74, 6) is -0.661. The summed E-state index contributed by atoms with van der Waals surface area (Å²) < 4.78 is 0. The van der Waals surface area contributed by atoms with Gasteiger partial charge in [-0.2, -0.15) is 0 Å². The van der Waals surface area contributed by atoms with Gasteiger partial charge in [0.25, 0.3) is 0 Å². The molecular weight excluding hydrogens is 183 g/mol. The number of carboxylic acid groups (broad SMARTS) is 1. The molecule has 0 spiro atoms. The summed E-state index contributed by atoms with van der Waals surface area (Å²) in [6.45, 7) is 2.22. The van der Waals surface area contributed by atoms with Crippen LogP contribution in [-0.4, -0.2) is 11.1 Å². The summed E-state index contributed by atoms with van der Waals surface area (Å²) in [6.07, 6.45) is 10.1. The molecule has 0 fully saturated rings. The molecule has 0 radical (unpaired) electrons. The predicted octanol–water partition coefficient (Wildman–Crippen LogP) is 1.06. The van der Waals surface area contributed by atoms with E-state index >= 15 is 0 Å². The summed E-state index contributed by atoms with van der Waals surface area (Å²) >= 11 is 0. The standard InChI is InChI=1S/C11H22O2.CH3.Li/c1-2-3-4-5-6-7-8-9-10-11(12)13;;/h2-10H2,1H3,(H,12,13);1H3;/q;-1;+1. The molecule has 2 nitrogen and oxygen atoms in total. The van der Waals surface area contributed by atoms with Gasteiger partial charge in [0, 0.05) is 6.42 Å². The first kappa shape index (κ1) is 20.5. The van der Waals surface area contributed by atoms with E-state index in [2.05, 4.69) is 6.92 Å². The molecule has 0 saturated heterocycles. The van der Waals surface area contributed by atoms with Crippen molar-refractivity contribution in [2.24, 2.45) is 0 Å². The molecule has 0 aromatic heterocycles. The Morgan fingerprint density at radius 1 is 0.933 bits per heavy atom. The second kappa shape index (κ2) is 16.5. The molecule has 0 unspecified atom stereocenters. The van der Waals surface area contributed by atoms with Gasteiger partial charge in [0.05, 0.1) is 0 Å². The molecular formula is C12H25LiO2. The van der Waals surface area contributed by atoms with Gasteiger partial charge < -0.3 is 12.5 Å². The van der Waals surface area contributed by atoms with Crippen molar-refractivity contribution >= 4 is 5.97 Å². The molecule has 0 saturated carbocycles. The number of unbranched alkanes of at least 4 members (excludes halogenated alkanes) is 7. The van der Waals surface area contributed by atoms with Crippen molar-refractivity contribution in [1.82, 2.24) is 0 Å². The zero-order valence-electron chi connectivity index (χ0n) is 10.7. The van der Waals surface area contributed by atoms with Gasteiger partial charge in [-0.1, -0.05) is 51.9 Å². The monoisotopic (exact) mass is 208 g/mol. The first-order valence-corrected chi connectivity index (χ1v) is 5.49. The number of hydrogen-bond acceptors (Lipinski definition) is 1. The normalized spacial score (nSPS) is 8.87. The van der Waals surface area contributed by atoms with Gasteiger partial charge >= 0.3 is 24.8 Å². The maximum Gasteiger partial charge on any atom is 1.00 e. The van der Waals surface area contributed by atoms with E-state index in [-0.39, 0.29) is 26.3 Å². The van der Waals surface area contributed by atoms with Crippen LogP contribution in [0.15, 0.2) is 0 Å². The van der Waals surface area contributed by atoms with Gasteiger partial charge in [0.1, 0.15) is 0 Å². The molecule has 0 aliphatic heterocycles. The van der Waals surface area contributed by atoms with Gasteiger partial charge in [-0.3, -0.25) is 4.79 Å². The average molecular weight is 208 g/mol. The van der Waals surface area contributed by atoms with Crippen molar-refractivity contribution in [2.45, 2.75) is 64.7 Å². The minimum Gasteiger partial charge on any atom is -0.481 e. The number of hydrogen-bond donors (Lipinski definition) is 1. The van der Waals surface area contributed by atoms with Crippen molar-refractivity contribution in [3.63, 3.8) is 0 Å². The Morgan fingerprint density at radius 3 is 1.73 bits per heavy atom. The zero-order valence-corrected chi connectivity index (χ0v) is 10.7. The Labute approximate surface area is 107 Å². The SMILES string of the molecule is CCCCCCCCCCC(=O)O.[CH3-].[Li+]. The van der Waals surface area contributed by atoms with E-state index in [1.807, 2.05) is 0 Å². The van der Waals surface area contributed by atoms with Gasteiger partial charge in [0.15, 0.2) is 0 Å². The quantitative estimate of drug-likeness (QED) is 0.349. The van der Waals surface area contributed by atoms with E-state index in [4.69, 9.17) is 5.11 Å². The second-order valence-electron chi connectivity index (χ2n) is 3.62. The molecule has 3 heteroatoms. The first-order chi connectivity index (χ1) is 6.27. The van der Waals surface area contributed by atoms with Gasteiger partial charge in [0.2, 0.25) is 0 Å². The van der Waals surface area contributed by atoms with Crippen LogP contribution < -0.4 is 18.9 Å². The smallest absolute Gasteiger partial charge is 0.481 e. The zero-order chi connectivity index (χ0) is 9.94. The van der Waals surface area contributed by atoms with Crippen LogP contribution in [0.5, 0.6) is 0 Å². The second-order valence-corrected chi connectivity index (χ2v) is 3.62. The van der Waals surface area contributed by atoms with Crippen LogP contribution in [-0.2, 0) is 4.79 Å². The van der Waals surface area contributed by atoms with Crippen LogP contribution >= 0.6 is 0 Å². The van der Waals surface area contributed by atoms with Gasteiger partial charge in [-0.15, -0.1) is 0 Å². The first-order valence-electron chi connectivity index (χ1n) is 5.49. The molecule has 0 heterocycles. The number of rotatable bonds is 9. The van der Waals surface area contributed by atoms with Gasteiger partial charge in [-0.25, -0.2) is 0 Å². The average Bonchev–Trinajstić information content (AvgIpc) is 2.09. The summed E-state index contributed by atoms with van der Waals surface area (Å²) in [7, 11) is 0. The molecule has 0 aliphatic carbocycles. The summed E-state index contributed by atoms with van der Waals surface area (Å²) in [6, 6.07) is 0. The van der Waals surface area contributed by atoms with E-state index in [0.29, 0.717) is 6.42 Å². The van der Waals surface area contributed by atoms with E-state index < -0.39 is 5.97 Å². The minimum absolute atomic E-state index is 0. The minimum atomic E-state index is -0.661. The van der Waals surface area contributed by atoms with E-state index in [1.54, 1.807) is 0 Å². The maximum absolute atomic E-state index is 10.2. The molecule has 0 rings (SSSR count). The van der Waals surface area contributed by atoms with Crippen molar-refractivity contribution in [3.05, 3.63) is 7.43 Å². The molecule has 0 aliphatic rings. The molecule has 15 heavy (non-hydrogen) atoms. The van der Waals surface area contributed by atoms with Crippen LogP contribution in [0.1, 0.15) is 64.7 Å². The molecule has 1 N–H and O–H groups in total. The Balaban J connectivity index is -0.000000720. The fourth-order valence-corrected chi connectivity index (χ4v) is 1.41. The molecule has 0 aromatic rings. The van der Waals surface area contributed by atoms with Crippen molar-refractivity contribution in [3.8, 4) is 0 Å². The Bertz CT molecular complexity index is 127. The van der Waals surface area contributed by atoms with E-state index in [1.165, 1.54) is 38.5 Å². The van der Waals surface area contributed by atoms with Crippen LogP contribution in [0.4, 0.5) is 0 Å². The molecule has 0 amide bonds. The number of carboxylic acids is 1. The van der Waals surface area contributed by atoms with Crippen molar-refractivity contribution < 1.29 is 28.8 Å². The van der Waals surface area contributed by atoms with Crippen LogP contribution in [0, 0.1) is 7.43 Å². The van der Waals surface area contributed by atoms with Crippen molar-refractivity contribution in [2.75, 3.05) is 0 Å². The topological polar surface area (TPSA) is 37.3 Å². The van der Waals surface area contributed by atoms with E-state index in [9.17, 15) is 4.79 Å². The predicted molar refractivity (Wildman–Crippen MR) is 61.3 cm³/mol.